The van der Waals surface area contributed by atoms with Crippen LogP contribution in [0.3, 0.4) is 0 Å². The van der Waals surface area contributed by atoms with E-state index in [1.165, 1.54) is 11.0 Å². The van der Waals surface area contributed by atoms with Crippen molar-refractivity contribution in [3.05, 3.63) is 65.7 Å². The van der Waals surface area contributed by atoms with Gasteiger partial charge in [-0.1, -0.05) is 18.2 Å². The van der Waals surface area contributed by atoms with Crippen LogP contribution in [0.5, 0.6) is 0 Å². The average molecular weight is 323 g/mol. The Morgan fingerprint density at radius 3 is 2.19 bits per heavy atom. The van der Waals surface area contributed by atoms with Crippen LogP contribution in [0, 0.1) is 11.6 Å². The summed E-state index contributed by atoms with van der Waals surface area (Å²) in [5, 5.41) is 0. The number of anilines is 1. The zero-order valence-corrected chi connectivity index (χ0v) is 13.4. The number of halogens is 2. The van der Waals surface area contributed by atoms with Gasteiger partial charge in [-0.2, -0.15) is 0 Å². The molecule has 2 nitrogen and oxygen atoms in total. The Balaban J connectivity index is 0.00000220. The molecular formula is C16H15F2NOTi. The van der Waals surface area contributed by atoms with Gasteiger partial charge in [0.1, 0.15) is 11.6 Å². The third-order valence-electron chi connectivity index (χ3n) is 2.93. The maximum atomic E-state index is 13.9. The van der Waals surface area contributed by atoms with Crippen LogP contribution in [-0.4, -0.2) is 11.9 Å². The zero-order valence-electron chi connectivity index (χ0n) is 11.8. The van der Waals surface area contributed by atoms with Crippen molar-refractivity contribution < 1.29 is 35.3 Å². The van der Waals surface area contributed by atoms with E-state index in [0.29, 0.717) is 5.56 Å². The second kappa shape index (κ2) is 7.48. The van der Waals surface area contributed by atoms with Crippen molar-refractivity contribution >= 4 is 11.6 Å². The van der Waals surface area contributed by atoms with E-state index in [4.69, 9.17) is 0 Å². The van der Waals surface area contributed by atoms with E-state index in [2.05, 4.69) is 0 Å². The first kappa shape index (κ1) is 17.5. The number of hydrogen-bond donors (Lipinski definition) is 0. The molecule has 1 amide bonds. The van der Waals surface area contributed by atoms with Gasteiger partial charge in [0.05, 0.1) is 5.69 Å². The van der Waals surface area contributed by atoms with Gasteiger partial charge in [-0.05, 0) is 38.1 Å². The molecule has 0 aliphatic carbocycles. The summed E-state index contributed by atoms with van der Waals surface area (Å²) >= 11 is 0. The van der Waals surface area contributed by atoms with E-state index in [0.717, 1.165) is 12.1 Å². The molecule has 0 unspecified atom stereocenters. The quantitative estimate of drug-likeness (QED) is 0.782. The van der Waals surface area contributed by atoms with Crippen molar-refractivity contribution in [1.29, 1.82) is 0 Å². The van der Waals surface area contributed by atoms with Gasteiger partial charge in [0.25, 0.3) is 5.91 Å². The second-order valence-electron chi connectivity index (χ2n) is 4.73. The Hall–Kier alpha value is -1.52. The summed E-state index contributed by atoms with van der Waals surface area (Å²) < 4.78 is 26.9. The van der Waals surface area contributed by atoms with Gasteiger partial charge >= 0.3 is 0 Å². The van der Waals surface area contributed by atoms with Crippen LogP contribution < -0.4 is 4.90 Å². The minimum Gasteiger partial charge on any atom is -0.303 e. The fourth-order valence-electron chi connectivity index (χ4n) is 2.02. The van der Waals surface area contributed by atoms with Crippen LogP contribution in [0.25, 0.3) is 0 Å². The Kier molecular flexibility index (Phi) is 6.25. The van der Waals surface area contributed by atoms with Crippen molar-refractivity contribution in [2.75, 3.05) is 4.90 Å². The first-order valence-corrected chi connectivity index (χ1v) is 6.34. The molecule has 0 aliphatic heterocycles. The average Bonchev–Trinajstić information content (AvgIpc) is 2.42. The summed E-state index contributed by atoms with van der Waals surface area (Å²) in [4.78, 5) is 13.8. The molecule has 0 aliphatic rings. The molecule has 0 aromatic heterocycles. The summed E-state index contributed by atoms with van der Waals surface area (Å²) in [7, 11) is 0. The van der Waals surface area contributed by atoms with Gasteiger partial charge < -0.3 is 4.90 Å². The number of amides is 1. The molecule has 5 heteroatoms. The summed E-state index contributed by atoms with van der Waals surface area (Å²) in [6, 6.07) is 11.6. The number of hydrogen-bond acceptors (Lipinski definition) is 1. The van der Waals surface area contributed by atoms with Crippen molar-refractivity contribution in [1.82, 2.24) is 0 Å². The van der Waals surface area contributed by atoms with Crippen LogP contribution in [0.1, 0.15) is 24.2 Å². The van der Waals surface area contributed by atoms with Crippen LogP contribution in [-0.2, 0) is 21.7 Å². The predicted molar refractivity (Wildman–Crippen MR) is 74.7 cm³/mol. The van der Waals surface area contributed by atoms with Crippen LogP contribution in [0.2, 0.25) is 0 Å². The number of carbonyl (C=O) groups excluding carboxylic acids is 1. The molecule has 0 atom stereocenters. The van der Waals surface area contributed by atoms with E-state index in [1.807, 2.05) is 0 Å². The molecule has 0 bridgehead atoms. The smallest absolute Gasteiger partial charge is 0.258 e. The Labute approximate surface area is 137 Å². The first-order valence-electron chi connectivity index (χ1n) is 6.34. The normalized spacial score (nSPS) is 10.1. The third kappa shape index (κ3) is 3.99. The molecular weight excluding hydrogens is 308 g/mol. The summed E-state index contributed by atoms with van der Waals surface area (Å²) in [6.45, 7) is 3.56. The third-order valence-corrected chi connectivity index (χ3v) is 2.93. The largest absolute Gasteiger partial charge is 0.303 e. The van der Waals surface area contributed by atoms with Gasteiger partial charge in [0.2, 0.25) is 0 Å². The SMILES string of the molecule is CC(C)N(C(=O)c1ccccc1)c1ccc(F)cc1F.[Ti]. The number of nitrogens with zero attached hydrogens (tertiary/aromatic N) is 1. The Bertz CT molecular complexity index is 617. The number of rotatable bonds is 3. The molecule has 0 saturated heterocycles. The van der Waals surface area contributed by atoms with Gasteiger partial charge in [-0.3, -0.25) is 4.79 Å². The topological polar surface area (TPSA) is 20.3 Å². The maximum Gasteiger partial charge on any atom is 0.258 e. The predicted octanol–water partition coefficient (Wildman–Crippen LogP) is 4.02. The van der Waals surface area contributed by atoms with Crippen molar-refractivity contribution in [2.45, 2.75) is 19.9 Å². The minimum absolute atomic E-state index is 0. The molecule has 21 heavy (non-hydrogen) atoms. The van der Waals surface area contributed by atoms with Crippen LogP contribution in [0.15, 0.2) is 48.5 Å². The van der Waals surface area contributed by atoms with Gasteiger partial charge in [-0.15, -0.1) is 0 Å². The molecule has 0 spiro atoms. The van der Waals surface area contributed by atoms with E-state index >= 15 is 0 Å². The van der Waals surface area contributed by atoms with E-state index in [-0.39, 0.29) is 39.4 Å². The molecule has 0 heterocycles. The summed E-state index contributed by atoms with van der Waals surface area (Å²) in [6.07, 6.45) is 0. The summed E-state index contributed by atoms with van der Waals surface area (Å²) in [5.74, 6) is -1.73. The van der Waals surface area contributed by atoms with E-state index in [9.17, 15) is 13.6 Å². The molecule has 0 saturated carbocycles. The fraction of sp³-hybridized carbons (Fsp3) is 0.188. The first-order chi connectivity index (χ1) is 9.50. The van der Waals surface area contributed by atoms with Gasteiger partial charge in [-0.25, -0.2) is 8.78 Å². The van der Waals surface area contributed by atoms with Gasteiger partial charge in [0.15, 0.2) is 0 Å². The molecule has 0 N–H and O–H groups in total. The van der Waals surface area contributed by atoms with Crippen molar-refractivity contribution in [3.63, 3.8) is 0 Å². The number of carbonyl (C=O) groups is 1. The Morgan fingerprint density at radius 2 is 1.67 bits per heavy atom. The second-order valence-corrected chi connectivity index (χ2v) is 4.73. The fourth-order valence-corrected chi connectivity index (χ4v) is 2.02. The van der Waals surface area contributed by atoms with Crippen LogP contribution in [0.4, 0.5) is 14.5 Å². The minimum atomic E-state index is -0.747. The van der Waals surface area contributed by atoms with Crippen molar-refractivity contribution in [2.24, 2.45) is 0 Å². The molecule has 0 radical (unpaired) electrons. The number of benzene rings is 2. The van der Waals surface area contributed by atoms with Crippen molar-refractivity contribution in [3.8, 4) is 0 Å². The van der Waals surface area contributed by atoms with Crippen LogP contribution >= 0.6 is 0 Å². The molecule has 2 rings (SSSR count). The summed E-state index contributed by atoms with van der Waals surface area (Å²) in [5.41, 5.74) is 0.542. The van der Waals surface area contributed by atoms with Gasteiger partial charge in [0, 0.05) is 39.4 Å². The van der Waals surface area contributed by atoms with E-state index in [1.54, 1.807) is 44.2 Å². The molecule has 2 aromatic carbocycles. The monoisotopic (exact) mass is 323 g/mol. The zero-order chi connectivity index (χ0) is 14.7. The van der Waals surface area contributed by atoms with E-state index < -0.39 is 11.6 Å². The molecule has 0 fully saturated rings. The Morgan fingerprint density at radius 1 is 1.05 bits per heavy atom. The molecule has 2 aromatic rings. The molecule has 108 valence electrons. The standard InChI is InChI=1S/C16H15F2NO.Ti/c1-11(2)19(15-9-8-13(17)10-14(15)18)16(20)12-6-4-3-5-7-12;/h3-11H,1-2H3;. The maximum absolute atomic E-state index is 13.9.